The number of hydrogen-bond donors (Lipinski definition) is 0. The lowest BCUT2D eigenvalue weighted by molar-refractivity contribution is -0.0388. The zero-order valence-electron chi connectivity index (χ0n) is 9.57. The Hall–Kier alpha value is -1.04. The Morgan fingerprint density at radius 2 is 1.37 bits per heavy atom. The summed E-state index contributed by atoms with van der Waals surface area (Å²) in [6.07, 6.45) is 5.94. The van der Waals surface area contributed by atoms with E-state index < -0.39 is 12.5 Å². The van der Waals surface area contributed by atoms with Crippen LogP contribution in [-0.4, -0.2) is 19.6 Å². The lowest BCUT2D eigenvalue weighted by Gasteiger charge is -2.18. The van der Waals surface area contributed by atoms with Gasteiger partial charge in [0.15, 0.2) is 0 Å². The molecule has 0 saturated carbocycles. The minimum atomic E-state index is -0.502. The van der Waals surface area contributed by atoms with Gasteiger partial charge in [-0.2, -0.15) is 10.2 Å². The second kappa shape index (κ2) is 7.53. The van der Waals surface area contributed by atoms with E-state index in [-0.39, 0.29) is 0 Å². The average Bonchev–Trinajstić information content (AvgIpc) is 3.10. The molecule has 2 unspecified atom stereocenters. The van der Waals surface area contributed by atoms with Crippen LogP contribution >= 0.6 is 45.2 Å². The fraction of sp³-hybridized carbons (Fsp3) is 0.167. The van der Waals surface area contributed by atoms with Crippen molar-refractivity contribution in [3.05, 3.63) is 36.9 Å². The molecule has 0 fully saturated rings. The third kappa shape index (κ3) is 3.96. The molecule has 0 radical (unpaired) electrons. The molecule has 2 aromatic rings. The van der Waals surface area contributed by atoms with Gasteiger partial charge in [-0.3, -0.25) is 0 Å². The zero-order valence-corrected chi connectivity index (χ0v) is 13.9. The van der Waals surface area contributed by atoms with Crippen LogP contribution in [0, 0.1) is 19.7 Å². The Bertz CT molecular complexity index is 560. The minimum absolute atomic E-state index is 0.502. The van der Waals surface area contributed by atoms with E-state index in [0.29, 0.717) is 0 Å². The van der Waals surface area contributed by atoms with Crippen molar-refractivity contribution in [3.8, 4) is 19.7 Å². The van der Waals surface area contributed by atoms with Crippen LogP contribution in [0.25, 0.3) is 0 Å². The molecule has 7 heteroatoms. The first-order valence-corrected chi connectivity index (χ1v) is 7.37. The van der Waals surface area contributed by atoms with Crippen molar-refractivity contribution < 1.29 is 4.74 Å². The van der Waals surface area contributed by atoms with Gasteiger partial charge < -0.3 is 4.74 Å². The molecule has 0 N–H and O–H groups in total. The zero-order chi connectivity index (χ0) is 13.5. The van der Waals surface area contributed by atoms with Gasteiger partial charge in [-0.1, -0.05) is 0 Å². The lowest BCUT2D eigenvalue weighted by atomic mass is 10.5. The molecule has 0 aliphatic carbocycles. The summed E-state index contributed by atoms with van der Waals surface area (Å²) in [6, 6.07) is 3.64. The fourth-order valence-electron chi connectivity index (χ4n) is 1.38. The van der Waals surface area contributed by atoms with Gasteiger partial charge in [0.1, 0.15) is 0 Å². The maximum atomic E-state index is 5.86. The highest BCUT2D eigenvalue weighted by molar-refractivity contribution is 14.1. The molecule has 0 spiro atoms. The summed E-state index contributed by atoms with van der Waals surface area (Å²) < 4.78 is 14.7. The predicted octanol–water partition coefficient (Wildman–Crippen LogP) is 2.59. The maximum Gasteiger partial charge on any atom is 0.216 e. The number of nitrogens with zero attached hydrogens (tertiary/aromatic N) is 4. The molecule has 2 heterocycles. The van der Waals surface area contributed by atoms with Crippen molar-refractivity contribution in [3.63, 3.8) is 0 Å². The molecule has 0 aromatic carbocycles. The van der Waals surface area contributed by atoms with Crippen molar-refractivity contribution in [1.82, 2.24) is 19.6 Å². The summed E-state index contributed by atoms with van der Waals surface area (Å²) in [6.45, 7) is 0. The highest BCUT2D eigenvalue weighted by Crippen LogP contribution is 2.16. The van der Waals surface area contributed by atoms with Crippen LogP contribution < -0.4 is 0 Å². The maximum absolute atomic E-state index is 5.86. The van der Waals surface area contributed by atoms with Crippen LogP contribution in [0.15, 0.2) is 36.9 Å². The van der Waals surface area contributed by atoms with Crippen molar-refractivity contribution in [2.24, 2.45) is 0 Å². The largest absolute Gasteiger partial charge is 0.308 e. The molecule has 2 atom stereocenters. The molecule has 19 heavy (non-hydrogen) atoms. The smallest absolute Gasteiger partial charge is 0.216 e. The van der Waals surface area contributed by atoms with Crippen molar-refractivity contribution in [2.45, 2.75) is 12.5 Å². The number of aromatic nitrogens is 4. The van der Waals surface area contributed by atoms with Gasteiger partial charge in [0, 0.05) is 70.0 Å². The van der Waals surface area contributed by atoms with E-state index >= 15 is 0 Å². The number of rotatable bonds is 4. The minimum Gasteiger partial charge on any atom is -0.308 e. The first-order valence-electron chi connectivity index (χ1n) is 5.21. The Morgan fingerprint density at radius 3 is 1.68 bits per heavy atom. The summed E-state index contributed by atoms with van der Waals surface area (Å²) in [7, 11) is 0. The molecule has 2 rings (SSSR count). The first-order chi connectivity index (χ1) is 9.35. The topological polar surface area (TPSA) is 44.9 Å². The van der Waals surface area contributed by atoms with Crippen LogP contribution in [0.4, 0.5) is 0 Å². The van der Waals surface area contributed by atoms with E-state index in [2.05, 4.69) is 29.9 Å². The van der Waals surface area contributed by atoms with E-state index in [1.807, 2.05) is 57.3 Å². The van der Waals surface area contributed by atoms with Gasteiger partial charge >= 0.3 is 0 Å². The predicted molar refractivity (Wildman–Crippen MR) is 87.2 cm³/mol. The van der Waals surface area contributed by atoms with E-state index in [1.54, 1.807) is 34.2 Å². The number of ether oxygens (including phenoxy) is 1. The molecular weight excluding hydrogens is 470 g/mol. The Morgan fingerprint density at radius 1 is 0.895 bits per heavy atom. The summed E-state index contributed by atoms with van der Waals surface area (Å²) in [5.74, 6) is 5.88. The van der Waals surface area contributed by atoms with E-state index in [0.717, 1.165) is 0 Å². The van der Waals surface area contributed by atoms with Crippen LogP contribution in [-0.2, 0) is 4.74 Å². The summed E-state index contributed by atoms with van der Waals surface area (Å²) >= 11 is 3.93. The molecular formula is C12H8I2N4O. The van der Waals surface area contributed by atoms with Gasteiger partial charge in [-0.15, -0.1) is 0 Å². The van der Waals surface area contributed by atoms with Crippen molar-refractivity contribution >= 4 is 45.2 Å². The van der Waals surface area contributed by atoms with Crippen molar-refractivity contribution in [2.75, 3.05) is 0 Å². The molecule has 2 aromatic heterocycles. The van der Waals surface area contributed by atoms with Crippen LogP contribution in [0.1, 0.15) is 12.5 Å². The normalized spacial score (nSPS) is 12.7. The monoisotopic (exact) mass is 478 g/mol. The third-order valence-electron chi connectivity index (χ3n) is 2.14. The fourth-order valence-corrected chi connectivity index (χ4v) is 1.91. The standard InChI is InChI=1S/C12H8I2N4O/c13-5-3-11(17-9-1-7-15-17)19-12(4-6-14)18-10-2-8-16-18/h1-2,7-12H. The van der Waals surface area contributed by atoms with Crippen molar-refractivity contribution in [1.29, 1.82) is 0 Å². The molecule has 0 aliphatic heterocycles. The highest BCUT2D eigenvalue weighted by atomic mass is 127. The van der Waals surface area contributed by atoms with Gasteiger partial charge in [0.25, 0.3) is 0 Å². The van der Waals surface area contributed by atoms with Crippen LogP contribution in [0.5, 0.6) is 0 Å². The van der Waals surface area contributed by atoms with Gasteiger partial charge in [-0.25, -0.2) is 9.36 Å². The molecule has 0 amide bonds. The summed E-state index contributed by atoms with van der Waals surface area (Å²) in [4.78, 5) is 0. The quantitative estimate of drug-likeness (QED) is 0.502. The SMILES string of the molecule is IC#CC(OC(C#CI)n1cccn1)n1cccn1. The molecule has 96 valence electrons. The number of hydrogen-bond acceptors (Lipinski definition) is 3. The molecule has 0 aliphatic rings. The molecule has 0 saturated heterocycles. The molecule has 5 nitrogen and oxygen atoms in total. The van der Waals surface area contributed by atoms with Crippen LogP contribution in [0.2, 0.25) is 0 Å². The summed E-state index contributed by atoms with van der Waals surface area (Å²) in [5, 5.41) is 8.27. The van der Waals surface area contributed by atoms with Gasteiger partial charge in [0.05, 0.1) is 0 Å². The average molecular weight is 478 g/mol. The van der Waals surface area contributed by atoms with Crippen LogP contribution in [0.3, 0.4) is 0 Å². The van der Waals surface area contributed by atoms with Gasteiger partial charge in [-0.05, 0) is 31.8 Å². The van der Waals surface area contributed by atoms with Gasteiger partial charge in [0.2, 0.25) is 12.5 Å². The van der Waals surface area contributed by atoms with E-state index in [1.165, 1.54) is 0 Å². The Labute approximate surface area is 138 Å². The second-order valence-electron chi connectivity index (χ2n) is 3.29. The second-order valence-corrected chi connectivity index (χ2v) is 4.37. The Kier molecular flexibility index (Phi) is 5.69. The first kappa shape index (κ1) is 14.4. The third-order valence-corrected chi connectivity index (χ3v) is 2.77. The lowest BCUT2D eigenvalue weighted by Crippen LogP contribution is -2.19. The Balaban J connectivity index is 2.22. The summed E-state index contributed by atoms with van der Waals surface area (Å²) in [5.41, 5.74) is 0. The number of halogens is 2. The van der Waals surface area contributed by atoms with E-state index in [9.17, 15) is 0 Å². The molecule has 0 bridgehead atoms. The highest BCUT2D eigenvalue weighted by Gasteiger charge is 2.16. The van der Waals surface area contributed by atoms with E-state index in [4.69, 9.17) is 4.74 Å².